The number of allylic oxidation sites excluding steroid dienone is 2. The topological polar surface area (TPSA) is 55.4 Å². The van der Waals surface area contributed by atoms with E-state index >= 15 is 0 Å². The van der Waals surface area contributed by atoms with Gasteiger partial charge in [-0.05, 0) is 149 Å². The van der Waals surface area contributed by atoms with Crippen molar-refractivity contribution in [3.05, 3.63) is 12.2 Å². The van der Waals surface area contributed by atoms with Crippen molar-refractivity contribution in [1.29, 1.82) is 0 Å². The van der Waals surface area contributed by atoms with Crippen LogP contribution in [0.25, 0.3) is 0 Å². The van der Waals surface area contributed by atoms with E-state index in [1.165, 1.54) is 135 Å². The quantitative estimate of drug-likeness (QED) is 0.102. The second-order valence-corrected chi connectivity index (χ2v) is 19.5. The summed E-state index contributed by atoms with van der Waals surface area (Å²) < 4.78 is 6.05. The fraction of sp³-hybridized carbons (Fsp3) is 0.913. The first-order valence-corrected chi connectivity index (χ1v) is 22.2. The van der Waals surface area contributed by atoms with E-state index in [2.05, 4.69) is 52.1 Å². The predicted octanol–water partition coefficient (Wildman–Crippen LogP) is 13.2. The Morgan fingerprint density at radius 1 is 0.760 bits per heavy atom. The number of carbonyl (C=O) groups is 2. The number of ether oxygens (including phenoxy) is 1. The molecule has 9 atom stereocenters. The maximum atomic E-state index is 12.7. The number of unbranched alkanes of at least 4 members (excludes halogenated alkanes) is 12. The van der Waals surface area contributed by atoms with Crippen LogP contribution in [0.15, 0.2) is 12.2 Å². The van der Waals surface area contributed by atoms with Crippen molar-refractivity contribution in [3.8, 4) is 0 Å². The van der Waals surface area contributed by atoms with Gasteiger partial charge in [-0.15, -0.1) is 0 Å². The van der Waals surface area contributed by atoms with Crippen LogP contribution in [-0.2, 0) is 9.53 Å². The number of rotatable bonds is 20. The average molecular weight is 694 g/mol. The molecule has 5 fully saturated rings. The Morgan fingerprint density at radius 3 is 2.12 bits per heavy atom. The molecule has 0 saturated heterocycles. The first-order chi connectivity index (χ1) is 24.1. The van der Waals surface area contributed by atoms with Crippen molar-refractivity contribution in [1.82, 2.24) is 5.32 Å². The molecule has 6 unspecified atom stereocenters. The zero-order chi connectivity index (χ0) is 35.6. The summed E-state index contributed by atoms with van der Waals surface area (Å²) in [6, 6.07) is 0. The van der Waals surface area contributed by atoms with Crippen LogP contribution in [0, 0.1) is 51.8 Å². The summed E-state index contributed by atoms with van der Waals surface area (Å²) >= 11 is 0. The molecule has 1 spiro atoms. The highest BCUT2D eigenvalue weighted by molar-refractivity contribution is 5.83. The van der Waals surface area contributed by atoms with Crippen LogP contribution in [0.1, 0.15) is 202 Å². The molecule has 5 aliphatic carbocycles. The zero-order valence-corrected chi connectivity index (χ0v) is 33.5. The van der Waals surface area contributed by atoms with E-state index in [9.17, 15) is 9.59 Å². The minimum atomic E-state index is -0.191. The van der Waals surface area contributed by atoms with Crippen LogP contribution >= 0.6 is 0 Å². The van der Waals surface area contributed by atoms with Crippen molar-refractivity contribution in [2.75, 3.05) is 6.54 Å². The van der Waals surface area contributed by atoms with Gasteiger partial charge in [0, 0.05) is 18.4 Å². The van der Waals surface area contributed by atoms with Gasteiger partial charge in [0.1, 0.15) is 11.9 Å². The summed E-state index contributed by atoms with van der Waals surface area (Å²) in [4.78, 5) is 25.4. The largest absolute Gasteiger partial charge is 0.446 e. The fourth-order valence-electron chi connectivity index (χ4n) is 12.5. The lowest BCUT2D eigenvalue weighted by Crippen LogP contribution is -2.58. The van der Waals surface area contributed by atoms with Crippen LogP contribution in [0.3, 0.4) is 0 Å². The van der Waals surface area contributed by atoms with Crippen molar-refractivity contribution in [3.63, 3.8) is 0 Å². The molecule has 4 nitrogen and oxygen atoms in total. The summed E-state index contributed by atoms with van der Waals surface area (Å²) in [7, 11) is 0. The third-order valence-corrected chi connectivity index (χ3v) is 15.4. The van der Waals surface area contributed by atoms with Crippen molar-refractivity contribution in [2.45, 2.75) is 208 Å². The highest BCUT2D eigenvalue weighted by Crippen LogP contribution is 2.74. The molecule has 1 N–H and O–H groups in total. The number of carbonyl (C=O) groups excluding carboxylic acids is 2. The minimum absolute atomic E-state index is 0.0958. The highest BCUT2D eigenvalue weighted by Gasteiger charge is 2.66. The molecule has 5 saturated carbocycles. The Kier molecular flexibility index (Phi) is 14.9. The van der Waals surface area contributed by atoms with E-state index in [1.54, 1.807) is 0 Å². The van der Waals surface area contributed by atoms with Gasteiger partial charge in [-0.2, -0.15) is 0 Å². The van der Waals surface area contributed by atoms with Gasteiger partial charge in [0.2, 0.25) is 0 Å². The second kappa shape index (κ2) is 18.6. The van der Waals surface area contributed by atoms with Crippen molar-refractivity contribution < 1.29 is 14.3 Å². The number of ketones is 1. The van der Waals surface area contributed by atoms with E-state index in [0.717, 1.165) is 68.2 Å². The molecular weight excluding hydrogens is 615 g/mol. The highest BCUT2D eigenvalue weighted by atomic mass is 16.6. The van der Waals surface area contributed by atoms with E-state index in [0.29, 0.717) is 22.5 Å². The average Bonchev–Trinajstić information content (AvgIpc) is 3.38. The van der Waals surface area contributed by atoms with Gasteiger partial charge in [-0.25, -0.2) is 4.79 Å². The Hall–Kier alpha value is -1.32. The Labute approximate surface area is 308 Å². The summed E-state index contributed by atoms with van der Waals surface area (Å²) in [5, 5.41) is 3.08. The van der Waals surface area contributed by atoms with Crippen LogP contribution in [0.4, 0.5) is 4.79 Å². The molecule has 5 rings (SSSR count). The first-order valence-electron chi connectivity index (χ1n) is 22.2. The lowest BCUT2D eigenvalue weighted by Gasteiger charge is -2.65. The third-order valence-electron chi connectivity index (χ3n) is 15.4. The maximum absolute atomic E-state index is 12.7. The van der Waals surface area contributed by atoms with Crippen molar-refractivity contribution in [2.24, 2.45) is 51.8 Å². The third kappa shape index (κ3) is 9.80. The number of Topliss-reactive ketones (excluding diaryl/α,β-unsaturated/α-hetero) is 1. The number of hydrogen-bond donors (Lipinski definition) is 1. The van der Waals surface area contributed by atoms with E-state index in [-0.39, 0.29) is 17.6 Å². The van der Waals surface area contributed by atoms with Crippen LogP contribution in [-0.4, -0.2) is 24.5 Å². The smallest absolute Gasteiger partial charge is 0.407 e. The SMILES string of the molecule is CCCCCCCC/C=C\CCCCCCCCNC(=O)O[C@@H]1CC[C@@]2(C)C(CCC3C2CC[C@]24CC(CCC(=O)C(C)(C)C)C2CCC34)C1. The monoisotopic (exact) mass is 694 g/mol. The summed E-state index contributed by atoms with van der Waals surface area (Å²) in [5.74, 6) is 5.55. The Bertz CT molecular complexity index is 1090. The summed E-state index contributed by atoms with van der Waals surface area (Å²) in [5.41, 5.74) is 0.844. The van der Waals surface area contributed by atoms with Gasteiger partial charge >= 0.3 is 6.09 Å². The molecule has 0 aromatic heterocycles. The number of hydrogen-bond acceptors (Lipinski definition) is 3. The fourth-order valence-corrected chi connectivity index (χ4v) is 12.5. The number of alkyl carbamates (subject to hydrolysis) is 1. The molecule has 286 valence electrons. The molecule has 0 aromatic rings. The van der Waals surface area contributed by atoms with Gasteiger partial charge < -0.3 is 10.1 Å². The first kappa shape index (κ1) is 39.9. The molecule has 1 amide bonds. The summed E-state index contributed by atoms with van der Waals surface area (Å²) in [6.07, 6.45) is 38.1. The molecule has 0 radical (unpaired) electrons. The lowest BCUT2D eigenvalue weighted by atomic mass is 9.40. The number of amides is 1. The zero-order valence-electron chi connectivity index (χ0n) is 33.5. The molecular formula is C46H79NO3. The van der Waals surface area contributed by atoms with Crippen LogP contribution < -0.4 is 5.32 Å². The van der Waals surface area contributed by atoms with Gasteiger partial charge in [0.15, 0.2) is 0 Å². The normalized spacial score (nSPS) is 34.7. The van der Waals surface area contributed by atoms with Crippen molar-refractivity contribution >= 4 is 11.9 Å². The molecule has 50 heavy (non-hydrogen) atoms. The predicted molar refractivity (Wildman–Crippen MR) is 209 cm³/mol. The summed E-state index contributed by atoms with van der Waals surface area (Å²) in [6.45, 7) is 11.9. The van der Waals surface area contributed by atoms with E-state index in [1.807, 2.05) is 0 Å². The van der Waals surface area contributed by atoms with Gasteiger partial charge in [0.05, 0.1) is 0 Å². The Balaban J connectivity index is 0.917. The molecule has 0 aromatic carbocycles. The Morgan fingerprint density at radius 2 is 1.42 bits per heavy atom. The molecule has 4 heteroatoms. The van der Waals surface area contributed by atoms with E-state index < -0.39 is 0 Å². The standard InChI is InChI=1S/C46H79NO3/c1-6-7-8-9-10-11-12-13-14-15-16-17-18-19-20-21-32-47-43(49)50-37-28-30-45(5)36(33-37)23-24-38-40(45)29-31-46-34-35(39(46)25-26-41(38)46)22-27-42(48)44(2,3)4/h13-14,35-41H,6-12,15-34H2,1-5H3,(H,47,49)/b14-13-/t35?,36?,37-,38?,39?,40?,41?,45+,46+/m1/s1. The maximum Gasteiger partial charge on any atom is 0.407 e. The van der Waals surface area contributed by atoms with Gasteiger partial charge in [-0.3, -0.25) is 4.79 Å². The molecule has 0 aliphatic heterocycles. The van der Waals surface area contributed by atoms with Crippen LogP contribution in [0.5, 0.6) is 0 Å². The molecule has 0 bridgehead atoms. The molecule has 5 aliphatic rings. The minimum Gasteiger partial charge on any atom is -0.446 e. The molecule has 0 heterocycles. The number of nitrogens with one attached hydrogen (secondary N) is 1. The second-order valence-electron chi connectivity index (χ2n) is 19.5. The number of fused-ring (bicyclic) bond motifs is 4. The van der Waals surface area contributed by atoms with Crippen LogP contribution in [0.2, 0.25) is 0 Å². The lowest BCUT2D eigenvalue weighted by molar-refractivity contribution is -0.168. The van der Waals surface area contributed by atoms with Gasteiger partial charge in [0.25, 0.3) is 0 Å². The van der Waals surface area contributed by atoms with Gasteiger partial charge in [-0.1, -0.05) is 105 Å². The van der Waals surface area contributed by atoms with E-state index in [4.69, 9.17) is 4.74 Å².